The molecule has 0 aliphatic carbocycles. The Morgan fingerprint density at radius 3 is 1.82 bits per heavy atom. The van der Waals surface area contributed by atoms with Crippen LogP contribution in [0.4, 0.5) is 0 Å². The molecule has 0 unspecified atom stereocenters. The molecule has 0 N–H and O–H groups in total. The molecule has 0 amide bonds. The summed E-state index contributed by atoms with van der Waals surface area (Å²) in [5.41, 5.74) is 5.02. The van der Waals surface area contributed by atoms with E-state index in [0.717, 1.165) is 33.2 Å². The molecular weight excluding hydrogens is 548 g/mol. The van der Waals surface area contributed by atoms with Crippen LogP contribution >= 0.6 is 0 Å². The van der Waals surface area contributed by atoms with Gasteiger partial charge in [0, 0.05) is 24.0 Å². The van der Waals surface area contributed by atoms with Crippen molar-refractivity contribution in [1.29, 1.82) is 0 Å². The smallest absolute Gasteiger partial charge is 0.355 e. The van der Waals surface area contributed by atoms with Crippen LogP contribution in [0.1, 0.15) is 60.9 Å². The topological polar surface area (TPSA) is 71.2 Å². The van der Waals surface area contributed by atoms with Gasteiger partial charge < -0.3 is 14.0 Å². The number of hydrogen-bond acceptors (Lipinski definition) is 5. The quantitative estimate of drug-likeness (QED) is 0.128. The Labute approximate surface area is 257 Å². The van der Waals surface area contributed by atoms with Crippen LogP contribution in [0.25, 0.3) is 22.2 Å². The minimum Gasteiger partial charge on any atom is -0.480 e. The second-order valence-corrected chi connectivity index (χ2v) is 11.4. The van der Waals surface area contributed by atoms with Crippen molar-refractivity contribution in [2.24, 2.45) is 0 Å². The molecule has 0 spiro atoms. The lowest BCUT2D eigenvalue weighted by atomic mass is 9.77. The van der Waals surface area contributed by atoms with Crippen molar-refractivity contribution in [1.82, 2.24) is 19.3 Å². The van der Waals surface area contributed by atoms with Crippen LogP contribution in [0.3, 0.4) is 0 Å². The third-order valence-corrected chi connectivity index (χ3v) is 7.88. The first-order valence-corrected chi connectivity index (χ1v) is 14.9. The van der Waals surface area contributed by atoms with Crippen LogP contribution in [0.2, 0.25) is 0 Å². The summed E-state index contributed by atoms with van der Waals surface area (Å²) >= 11 is 0. The van der Waals surface area contributed by atoms with Gasteiger partial charge in [-0.25, -0.2) is 14.5 Å². The number of ether oxygens (including phenoxy) is 2. The third-order valence-electron chi connectivity index (χ3n) is 7.88. The van der Waals surface area contributed by atoms with Gasteiger partial charge in [0.1, 0.15) is 16.9 Å². The number of fused-ring (bicyclic) bond motifs is 1. The zero-order chi connectivity index (χ0) is 30.8. The lowest BCUT2D eigenvalue weighted by Gasteiger charge is -2.37. The van der Waals surface area contributed by atoms with Crippen molar-refractivity contribution in [3.05, 3.63) is 138 Å². The van der Waals surface area contributed by atoms with Gasteiger partial charge in [-0.15, -0.1) is 0 Å². The molecule has 0 radical (unpaired) electrons. The zero-order valence-corrected chi connectivity index (χ0v) is 25.6. The first-order chi connectivity index (χ1) is 21.4. The molecule has 0 atom stereocenters. The van der Waals surface area contributed by atoms with Crippen molar-refractivity contribution >= 4 is 16.9 Å². The predicted octanol–water partition coefficient (Wildman–Crippen LogP) is 7.89. The van der Waals surface area contributed by atoms with Crippen LogP contribution in [0.5, 0.6) is 5.88 Å². The highest BCUT2D eigenvalue weighted by Gasteiger charge is 2.41. The first kappa shape index (κ1) is 28.9. The number of pyridine rings is 1. The number of esters is 1. The van der Waals surface area contributed by atoms with Crippen LogP contribution in [-0.2, 0) is 10.3 Å². The van der Waals surface area contributed by atoms with Crippen molar-refractivity contribution < 1.29 is 14.3 Å². The van der Waals surface area contributed by atoms with E-state index in [1.165, 1.54) is 0 Å². The van der Waals surface area contributed by atoms with Gasteiger partial charge in [0.05, 0.1) is 24.1 Å². The fraction of sp³-hybridized carbons (Fsp3) is 0.216. The van der Waals surface area contributed by atoms with Crippen LogP contribution < -0.4 is 4.74 Å². The minimum atomic E-state index is -0.855. The third kappa shape index (κ3) is 4.84. The van der Waals surface area contributed by atoms with Gasteiger partial charge in [0.2, 0.25) is 5.88 Å². The Kier molecular flexibility index (Phi) is 7.78. The SMILES string of the molecule is COc1nccc2c1c(-c1cc(C(=O)OC(C)C)n(C(C)C)c1)nn2C(c1ccccc1)(c1ccccc1)c1ccccc1. The second-order valence-electron chi connectivity index (χ2n) is 11.4. The maximum Gasteiger partial charge on any atom is 0.355 e. The Morgan fingerprint density at radius 1 is 0.795 bits per heavy atom. The average molecular weight is 585 g/mol. The Morgan fingerprint density at radius 2 is 1.34 bits per heavy atom. The van der Waals surface area contributed by atoms with Gasteiger partial charge in [0.25, 0.3) is 0 Å². The highest BCUT2D eigenvalue weighted by molar-refractivity contribution is 5.99. The molecule has 3 aromatic heterocycles. The van der Waals surface area contributed by atoms with E-state index < -0.39 is 5.54 Å². The normalized spacial score (nSPS) is 11.8. The van der Waals surface area contributed by atoms with E-state index in [1.54, 1.807) is 13.3 Å². The van der Waals surface area contributed by atoms with Crippen LogP contribution in [0.15, 0.2) is 116 Å². The van der Waals surface area contributed by atoms with Gasteiger partial charge in [-0.2, -0.15) is 5.10 Å². The van der Waals surface area contributed by atoms with Gasteiger partial charge in [-0.1, -0.05) is 91.0 Å². The van der Waals surface area contributed by atoms with Gasteiger partial charge >= 0.3 is 5.97 Å². The summed E-state index contributed by atoms with van der Waals surface area (Å²) in [6, 6.07) is 35.1. The monoisotopic (exact) mass is 584 g/mol. The number of carbonyl (C=O) groups excluding carboxylic acids is 1. The van der Waals surface area contributed by atoms with Gasteiger partial charge in [0.15, 0.2) is 0 Å². The number of hydrogen-bond donors (Lipinski definition) is 0. The number of rotatable bonds is 9. The largest absolute Gasteiger partial charge is 0.480 e. The minimum absolute atomic E-state index is 0.0175. The first-order valence-electron chi connectivity index (χ1n) is 14.9. The van der Waals surface area contributed by atoms with Crippen LogP contribution in [0, 0.1) is 0 Å². The lowest BCUT2D eigenvalue weighted by molar-refractivity contribution is 0.0363. The molecule has 0 bridgehead atoms. The summed E-state index contributed by atoms with van der Waals surface area (Å²) in [5.74, 6) is 0.0800. The Bertz CT molecular complexity index is 1790. The van der Waals surface area contributed by atoms with E-state index in [9.17, 15) is 4.79 Å². The van der Waals surface area contributed by atoms with E-state index in [4.69, 9.17) is 14.6 Å². The molecular formula is C37H36N4O3. The maximum atomic E-state index is 13.2. The molecule has 3 heterocycles. The maximum absolute atomic E-state index is 13.2. The molecule has 7 heteroatoms. The summed E-state index contributed by atoms with van der Waals surface area (Å²) in [7, 11) is 1.62. The molecule has 0 aliphatic heterocycles. The highest BCUT2D eigenvalue weighted by Crippen LogP contribution is 2.45. The predicted molar refractivity (Wildman–Crippen MR) is 173 cm³/mol. The van der Waals surface area contributed by atoms with E-state index in [-0.39, 0.29) is 18.1 Å². The second kappa shape index (κ2) is 11.8. The molecule has 7 nitrogen and oxygen atoms in total. The van der Waals surface area contributed by atoms with Crippen LogP contribution in [-0.4, -0.2) is 38.5 Å². The number of methoxy groups -OCH3 is 1. The number of aromatic nitrogens is 4. The molecule has 6 rings (SSSR count). The Balaban J connectivity index is 1.74. The standard InChI is InChI=1S/C37H36N4O3/c1-25(2)40-24-27(23-32(40)36(42)44-26(3)4)34-33-31(21-22-38-35(33)43-5)41(39-34)37(28-15-9-6-10-16-28,29-17-11-7-12-18-29)30-19-13-8-14-20-30/h6-26H,1-5H3. The highest BCUT2D eigenvalue weighted by atomic mass is 16.5. The fourth-order valence-corrected chi connectivity index (χ4v) is 6.03. The summed E-state index contributed by atoms with van der Waals surface area (Å²) in [6.07, 6.45) is 3.48. The van der Waals surface area contributed by atoms with Crippen molar-refractivity contribution in [2.45, 2.75) is 45.4 Å². The number of nitrogens with zero attached hydrogens (tertiary/aromatic N) is 4. The number of benzene rings is 3. The lowest BCUT2D eigenvalue weighted by Crippen LogP contribution is -2.38. The molecule has 6 aromatic rings. The van der Waals surface area contributed by atoms with Crippen molar-refractivity contribution in [2.75, 3.05) is 7.11 Å². The average Bonchev–Trinajstić information content (AvgIpc) is 3.66. The van der Waals surface area contributed by atoms with Crippen molar-refractivity contribution in [3.63, 3.8) is 0 Å². The molecule has 0 saturated carbocycles. The molecule has 222 valence electrons. The molecule has 44 heavy (non-hydrogen) atoms. The van der Waals surface area contributed by atoms with E-state index in [2.05, 4.69) is 82.5 Å². The van der Waals surface area contributed by atoms with E-state index in [0.29, 0.717) is 17.3 Å². The summed E-state index contributed by atoms with van der Waals surface area (Å²) in [5, 5.41) is 6.19. The molecule has 3 aromatic carbocycles. The molecule has 0 fully saturated rings. The summed E-state index contributed by atoms with van der Waals surface area (Å²) in [6.45, 7) is 7.78. The zero-order valence-electron chi connectivity index (χ0n) is 25.6. The van der Waals surface area contributed by atoms with E-state index >= 15 is 0 Å². The Hall–Kier alpha value is -5.17. The molecule has 0 aliphatic rings. The van der Waals surface area contributed by atoms with Gasteiger partial charge in [-0.3, -0.25) is 0 Å². The van der Waals surface area contributed by atoms with Crippen molar-refractivity contribution in [3.8, 4) is 17.1 Å². The van der Waals surface area contributed by atoms with E-state index in [1.807, 2.05) is 68.8 Å². The number of carbonyl (C=O) groups is 1. The molecule has 0 saturated heterocycles. The summed E-state index contributed by atoms with van der Waals surface area (Å²) in [4.78, 5) is 17.8. The fourth-order valence-electron chi connectivity index (χ4n) is 6.03. The van der Waals surface area contributed by atoms with Gasteiger partial charge in [-0.05, 0) is 56.5 Å². The summed E-state index contributed by atoms with van der Waals surface area (Å²) < 4.78 is 15.5.